The molecule has 30 heavy (non-hydrogen) atoms. The minimum Gasteiger partial charge on any atom is -0.507 e. The normalized spacial score (nSPS) is 28.7. The fourth-order valence-electron chi connectivity index (χ4n) is 5.00. The van der Waals surface area contributed by atoms with Crippen molar-refractivity contribution in [1.82, 2.24) is 9.96 Å². The number of benzene rings is 1. The van der Waals surface area contributed by atoms with Crippen LogP contribution in [0.5, 0.6) is 17.2 Å². The summed E-state index contributed by atoms with van der Waals surface area (Å²) in [5.74, 6) is 0.677. The van der Waals surface area contributed by atoms with Crippen molar-refractivity contribution < 1.29 is 23.9 Å². The van der Waals surface area contributed by atoms with E-state index in [9.17, 15) is 9.90 Å². The highest BCUT2D eigenvalue weighted by atomic mass is 19.1. The highest BCUT2D eigenvalue weighted by molar-refractivity contribution is 5.78. The van der Waals surface area contributed by atoms with Crippen molar-refractivity contribution in [3.8, 4) is 17.2 Å². The monoisotopic (exact) mass is 416 g/mol. The zero-order valence-electron chi connectivity index (χ0n) is 17.7. The molecular weight excluding hydrogens is 387 g/mol. The molecule has 6 nitrogen and oxygen atoms in total. The molecule has 1 aromatic carbocycles. The van der Waals surface area contributed by atoms with Gasteiger partial charge in [0.15, 0.2) is 5.75 Å². The second-order valence-electron chi connectivity index (χ2n) is 8.73. The molecule has 0 saturated carbocycles. The Morgan fingerprint density at radius 1 is 1.30 bits per heavy atom. The van der Waals surface area contributed by atoms with Crippen LogP contribution in [-0.2, 0) is 4.79 Å². The van der Waals surface area contributed by atoms with Gasteiger partial charge in [0.1, 0.15) is 23.4 Å². The maximum atomic E-state index is 15.1. The van der Waals surface area contributed by atoms with E-state index in [0.29, 0.717) is 48.5 Å². The summed E-state index contributed by atoms with van der Waals surface area (Å²) < 4.78 is 20.3. The van der Waals surface area contributed by atoms with E-state index < -0.39 is 12.0 Å². The van der Waals surface area contributed by atoms with Gasteiger partial charge in [-0.3, -0.25) is 4.79 Å². The Kier molecular flexibility index (Phi) is 5.73. The molecule has 7 heteroatoms. The second kappa shape index (κ2) is 8.30. The van der Waals surface area contributed by atoms with Crippen LogP contribution in [0.2, 0.25) is 0 Å². The van der Waals surface area contributed by atoms with E-state index in [2.05, 4.69) is 13.8 Å². The molecule has 0 bridgehead atoms. The van der Waals surface area contributed by atoms with Crippen molar-refractivity contribution >= 4 is 5.91 Å². The molecule has 1 saturated heterocycles. The second-order valence-corrected chi connectivity index (χ2v) is 8.73. The smallest absolute Gasteiger partial charge is 0.223 e. The summed E-state index contributed by atoms with van der Waals surface area (Å²) in [7, 11) is 1.50. The Labute approximate surface area is 176 Å². The zero-order valence-corrected chi connectivity index (χ0v) is 17.7. The molecule has 3 aliphatic heterocycles. The van der Waals surface area contributed by atoms with Crippen molar-refractivity contribution in [2.45, 2.75) is 38.6 Å². The van der Waals surface area contributed by atoms with Crippen LogP contribution in [0.3, 0.4) is 0 Å². The van der Waals surface area contributed by atoms with E-state index in [0.717, 1.165) is 6.42 Å². The largest absolute Gasteiger partial charge is 0.507 e. The molecular formula is C23H29FN2O4. The number of rotatable bonds is 3. The quantitative estimate of drug-likeness (QED) is 0.813. The molecule has 0 spiro atoms. The molecule has 4 rings (SSSR count). The van der Waals surface area contributed by atoms with Crippen LogP contribution in [0, 0.1) is 11.8 Å². The summed E-state index contributed by atoms with van der Waals surface area (Å²) >= 11 is 0. The maximum absolute atomic E-state index is 15.1. The van der Waals surface area contributed by atoms with Gasteiger partial charge >= 0.3 is 0 Å². The van der Waals surface area contributed by atoms with Crippen LogP contribution in [0.4, 0.5) is 4.39 Å². The average Bonchev–Trinajstić information content (AvgIpc) is 2.87. The Morgan fingerprint density at radius 2 is 2.03 bits per heavy atom. The average molecular weight is 416 g/mol. The van der Waals surface area contributed by atoms with Crippen molar-refractivity contribution in [3.63, 3.8) is 0 Å². The number of carbonyl (C=O) groups excluding carboxylic acids is 1. The number of halogens is 1. The minimum absolute atomic E-state index is 0.0218. The Morgan fingerprint density at radius 3 is 2.73 bits per heavy atom. The van der Waals surface area contributed by atoms with E-state index >= 15 is 4.39 Å². The number of phenolic OH excluding ortho intramolecular Hbond substituents is 1. The van der Waals surface area contributed by atoms with Crippen LogP contribution in [0.25, 0.3) is 0 Å². The minimum atomic E-state index is -0.782. The lowest BCUT2D eigenvalue weighted by Crippen LogP contribution is -2.48. The topological polar surface area (TPSA) is 62.2 Å². The first-order chi connectivity index (χ1) is 14.4. The van der Waals surface area contributed by atoms with Gasteiger partial charge in [0.05, 0.1) is 13.7 Å². The number of ether oxygens (including phenoxy) is 1. The predicted molar refractivity (Wildman–Crippen MR) is 111 cm³/mol. The maximum Gasteiger partial charge on any atom is 0.223 e. The number of carbonyl (C=O) groups is 1. The van der Waals surface area contributed by atoms with Gasteiger partial charge in [-0.1, -0.05) is 26.0 Å². The Balaban J connectivity index is 1.70. The first kappa shape index (κ1) is 20.7. The molecule has 0 aromatic heterocycles. The van der Waals surface area contributed by atoms with Gasteiger partial charge in [-0.2, -0.15) is 0 Å². The number of phenols is 1. The summed E-state index contributed by atoms with van der Waals surface area (Å²) in [6.07, 6.45) is 6.05. The number of methoxy groups -OCH3 is 1. The van der Waals surface area contributed by atoms with Gasteiger partial charge in [0.25, 0.3) is 0 Å². The Hall–Kier alpha value is -2.54. The summed E-state index contributed by atoms with van der Waals surface area (Å²) in [4.78, 5) is 21.1. The number of hydrogen-bond donors (Lipinski definition) is 1. The lowest BCUT2D eigenvalue weighted by molar-refractivity contribution is -0.137. The number of fused-ring (bicyclic) bond motifs is 2. The highest BCUT2D eigenvalue weighted by Crippen LogP contribution is 2.48. The third-order valence-electron chi connectivity index (χ3n) is 6.18. The molecule has 0 aliphatic carbocycles. The molecule has 1 aromatic rings. The summed E-state index contributed by atoms with van der Waals surface area (Å²) in [5.41, 5.74) is 0.453. The van der Waals surface area contributed by atoms with Crippen LogP contribution in [0.1, 0.15) is 38.2 Å². The predicted octanol–water partition coefficient (Wildman–Crippen LogP) is 3.78. The van der Waals surface area contributed by atoms with E-state index in [-0.39, 0.29) is 23.9 Å². The van der Waals surface area contributed by atoms with Gasteiger partial charge in [-0.25, -0.2) is 4.39 Å². The molecule has 3 aliphatic rings. The van der Waals surface area contributed by atoms with Gasteiger partial charge in [0, 0.05) is 43.1 Å². The number of hydrogen-bond acceptors (Lipinski definition) is 5. The third-order valence-corrected chi connectivity index (χ3v) is 6.18. The lowest BCUT2D eigenvalue weighted by atomic mass is 9.84. The van der Waals surface area contributed by atoms with Gasteiger partial charge in [0.2, 0.25) is 5.91 Å². The van der Waals surface area contributed by atoms with E-state index in [1.54, 1.807) is 18.2 Å². The number of nitrogens with zero attached hydrogens (tertiary/aromatic N) is 2. The highest BCUT2D eigenvalue weighted by Gasteiger charge is 2.43. The van der Waals surface area contributed by atoms with Crippen molar-refractivity contribution in [2.75, 3.05) is 26.7 Å². The van der Waals surface area contributed by atoms with Gasteiger partial charge < -0.3 is 19.6 Å². The number of aromatic hydroxyl groups is 1. The first-order valence-corrected chi connectivity index (χ1v) is 10.5. The molecule has 1 fully saturated rings. The molecule has 4 unspecified atom stereocenters. The number of piperidine rings is 1. The fourth-order valence-corrected chi connectivity index (χ4v) is 5.00. The molecule has 0 radical (unpaired) electrons. The van der Waals surface area contributed by atoms with Crippen molar-refractivity contribution in [1.29, 1.82) is 0 Å². The fraction of sp³-hybridized carbons (Fsp3) is 0.522. The standard InChI is InChI=1S/C23H29FN2O4/c1-14-8-15(2)13-25(12-14)21(28)11-17-22-19(27)9-16(29-3)10-20(22)30-26-7-5-4-6-18(24)23(17)26/h4-6,9-10,14-15,17,23,27H,7-8,11-13H2,1-3H3. The number of likely N-dealkylation sites (tertiary alicyclic amines) is 1. The first-order valence-electron chi connectivity index (χ1n) is 10.5. The molecule has 1 N–H and O–H groups in total. The van der Waals surface area contributed by atoms with E-state index in [1.807, 2.05) is 4.90 Å². The SMILES string of the molecule is COc1cc(O)c2c(c1)ON1CC=CC=C(F)C1C2CC(=O)N1CC(C)CC(C)C1. The van der Waals surface area contributed by atoms with Crippen LogP contribution in [-0.4, -0.2) is 53.8 Å². The van der Waals surface area contributed by atoms with E-state index in [4.69, 9.17) is 9.57 Å². The van der Waals surface area contributed by atoms with Crippen molar-refractivity contribution in [3.05, 3.63) is 41.8 Å². The molecule has 3 heterocycles. The molecule has 4 atom stereocenters. The van der Waals surface area contributed by atoms with Crippen LogP contribution >= 0.6 is 0 Å². The summed E-state index contributed by atoms with van der Waals surface area (Å²) in [6, 6.07) is 2.37. The molecule has 1 amide bonds. The summed E-state index contributed by atoms with van der Waals surface area (Å²) in [6.45, 7) is 6.09. The van der Waals surface area contributed by atoms with Gasteiger partial charge in [-0.05, 0) is 24.3 Å². The van der Waals surface area contributed by atoms with Gasteiger partial charge in [-0.15, -0.1) is 5.06 Å². The number of amides is 1. The summed E-state index contributed by atoms with van der Waals surface area (Å²) in [5, 5.41) is 12.3. The molecule has 162 valence electrons. The lowest BCUT2D eigenvalue weighted by Gasteiger charge is -2.41. The van der Waals surface area contributed by atoms with Crippen LogP contribution < -0.4 is 9.57 Å². The van der Waals surface area contributed by atoms with E-state index in [1.165, 1.54) is 24.3 Å². The number of hydroxylamine groups is 2. The van der Waals surface area contributed by atoms with Crippen molar-refractivity contribution in [2.24, 2.45) is 11.8 Å². The zero-order chi connectivity index (χ0) is 21.4. The van der Waals surface area contributed by atoms with Crippen LogP contribution in [0.15, 0.2) is 36.2 Å². The number of allylic oxidation sites excluding steroid dienone is 2. The Bertz CT molecular complexity index is 874. The third kappa shape index (κ3) is 3.90.